The number of ketones is 1. The lowest BCUT2D eigenvalue weighted by atomic mass is 10.2. The Balaban J connectivity index is 1.82. The fraction of sp³-hybridized carbons (Fsp3) is 0.875. The van der Waals surface area contributed by atoms with Gasteiger partial charge in [0.25, 0.3) is 0 Å². The molecule has 11 heavy (non-hydrogen) atoms. The minimum absolute atomic E-state index is 0.0130. The molecule has 2 saturated carbocycles. The van der Waals surface area contributed by atoms with E-state index in [0.717, 1.165) is 12.8 Å². The van der Waals surface area contributed by atoms with Crippen LogP contribution in [-0.4, -0.2) is 30.2 Å². The summed E-state index contributed by atoms with van der Waals surface area (Å²) in [5.74, 6) is 1.20. The number of rotatable bonds is 3. The SMILES string of the molecule is O=C1C(OCCO)CC2CC12. The molecule has 0 radical (unpaired) electrons. The summed E-state index contributed by atoms with van der Waals surface area (Å²) in [6, 6.07) is 0. The molecule has 0 aromatic carbocycles. The van der Waals surface area contributed by atoms with Crippen molar-refractivity contribution in [2.24, 2.45) is 11.8 Å². The molecule has 3 unspecified atom stereocenters. The first-order valence-electron chi connectivity index (χ1n) is 4.09. The first-order valence-corrected chi connectivity index (χ1v) is 4.09. The highest BCUT2D eigenvalue weighted by atomic mass is 16.5. The summed E-state index contributed by atoms with van der Waals surface area (Å²) in [7, 11) is 0. The third kappa shape index (κ3) is 1.19. The third-order valence-electron chi connectivity index (χ3n) is 2.53. The van der Waals surface area contributed by atoms with Crippen LogP contribution in [-0.2, 0) is 9.53 Å². The van der Waals surface area contributed by atoms with Gasteiger partial charge >= 0.3 is 0 Å². The molecule has 0 heterocycles. The molecule has 2 aliphatic carbocycles. The molecule has 1 N–H and O–H groups in total. The van der Waals surface area contributed by atoms with E-state index in [1.807, 2.05) is 0 Å². The Labute approximate surface area is 65.4 Å². The predicted molar refractivity (Wildman–Crippen MR) is 38.0 cm³/mol. The van der Waals surface area contributed by atoms with Crippen molar-refractivity contribution >= 4 is 5.78 Å². The Morgan fingerprint density at radius 3 is 2.91 bits per heavy atom. The topological polar surface area (TPSA) is 46.5 Å². The number of carbonyl (C=O) groups excluding carboxylic acids is 1. The lowest BCUT2D eigenvalue weighted by molar-refractivity contribution is -0.130. The molecule has 0 aromatic rings. The van der Waals surface area contributed by atoms with Gasteiger partial charge in [0.15, 0.2) is 5.78 Å². The minimum atomic E-state index is -0.189. The first kappa shape index (κ1) is 7.25. The van der Waals surface area contributed by atoms with Crippen molar-refractivity contribution in [1.82, 2.24) is 0 Å². The van der Waals surface area contributed by atoms with E-state index in [9.17, 15) is 4.79 Å². The smallest absolute Gasteiger partial charge is 0.164 e. The number of Topliss-reactive ketones (excluding diaryl/α,β-unsaturated/α-hetero) is 1. The van der Waals surface area contributed by atoms with Crippen molar-refractivity contribution in [1.29, 1.82) is 0 Å². The van der Waals surface area contributed by atoms with Crippen LogP contribution in [0.5, 0.6) is 0 Å². The molecular formula is C8H12O3. The van der Waals surface area contributed by atoms with E-state index in [1.54, 1.807) is 0 Å². The van der Waals surface area contributed by atoms with Crippen molar-refractivity contribution in [2.45, 2.75) is 18.9 Å². The summed E-state index contributed by atoms with van der Waals surface area (Å²) in [4.78, 5) is 11.2. The maximum atomic E-state index is 11.2. The summed E-state index contributed by atoms with van der Waals surface area (Å²) >= 11 is 0. The van der Waals surface area contributed by atoms with Gasteiger partial charge in [-0.05, 0) is 18.8 Å². The van der Waals surface area contributed by atoms with Gasteiger partial charge in [0.1, 0.15) is 6.10 Å². The van der Waals surface area contributed by atoms with Gasteiger partial charge in [-0.1, -0.05) is 0 Å². The predicted octanol–water partition coefficient (Wildman–Crippen LogP) is -0.0272. The number of aliphatic hydroxyl groups is 1. The third-order valence-corrected chi connectivity index (χ3v) is 2.53. The molecular weight excluding hydrogens is 144 g/mol. The molecule has 2 aliphatic rings. The van der Waals surface area contributed by atoms with E-state index in [-0.39, 0.29) is 18.5 Å². The van der Waals surface area contributed by atoms with Gasteiger partial charge < -0.3 is 9.84 Å². The zero-order valence-electron chi connectivity index (χ0n) is 6.32. The minimum Gasteiger partial charge on any atom is -0.394 e. The second-order valence-electron chi connectivity index (χ2n) is 3.32. The Bertz CT molecular complexity index is 178. The average molecular weight is 156 g/mol. The van der Waals surface area contributed by atoms with Crippen LogP contribution >= 0.6 is 0 Å². The zero-order chi connectivity index (χ0) is 7.84. The fourth-order valence-corrected chi connectivity index (χ4v) is 1.83. The van der Waals surface area contributed by atoms with E-state index >= 15 is 0 Å². The molecule has 2 fully saturated rings. The average Bonchev–Trinajstić information content (AvgIpc) is 2.70. The molecule has 62 valence electrons. The maximum absolute atomic E-state index is 11.2. The first-order chi connectivity index (χ1) is 5.33. The lowest BCUT2D eigenvalue weighted by Gasteiger charge is -2.10. The van der Waals surface area contributed by atoms with Crippen LogP contribution < -0.4 is 0 Å². The number of carbonyl (C=O) groups is 1. The highest BCUT2D eigenvalue weighted by Gasteiger charge is 2.53. The van der Waals surface area contributed by atoms with Gasteiger partial charge in [0.05, 0.1) is 13.2 Å². The summed E-state index contributed by atoms with van der Waals surface area (Å²) in [6.45, 7) is 0.314. The van der Waals surface area contributed by atoms with E-state index in [4.69, 9.17) is 9.84 Å². The standard InChI is InChI=1S/C8H12O3/c9-1-2-11-7-4-5-3-6(5)8(7)10/h5-7,9H,1-4H2. The molecule has 0 bridgehead atoms. The summed E-state index contributed by atoms with van der Waals surface area (Å²) in [5, 5.41) is 8.45. The largest absolute Gasteiger partial charge is 0.394 e. The molecule has 0 saturated heterocycles. The highest BCUT2D eigenvalue weighted by molar-refractivity contribution is 5.90. The van der Waals surface area contributed by atoms with E-state index < -0.39 is 0 Å². The van der Waals surface area contributed by atoms with Crippen LogP contribution in [0.2, 0.25) is 0 Å². The zero-order valence-corrected chi connectivity index (χ0v) is 6.32. The molecule has 0 spiro atoms. The maximum Gasteiger partial charge on any atom is 0.164 e. The van der Waals surface area contributed by atoms with Crippen LogP contribution in [0.4, 0.5) is 0 Å². The van der Waals surface area contributed by atoms with Crippen LogP contribution in [0.15, 0.2) is 0 Å². The van der Waals surface area contributed by atoms with Crippen molar-refractivity contribution in [2.75, 3.05) is 13.2 Å². The second kappa shape index (κ2) is 2.57. The monoisotopic (exact) mass is 156 g/mol. The van der Waals surface area contributed by atoms with Crippen molar-refractivity contribution in [3.8, 4) is 0 Å². The van der Waals surface area contributed by atoms with Crippen molar-refractivity contribution < 1.29 is 14.6 Å². The quantitative estimate of drug-likeness (QED) is 0.624. The Morgan fingerprint density at radius 1 is 1.55 bits per heavy atom. The van der Waals surface area contributed by atoms with Gasteiger partial charge in [-0.3, -0.25) is 4.79 Å². The number of ether oxygens (including phenoxy) is 1. The number of fused-ring (bicyclic) bond motifs is 1. The van der Waals surface area contributed by atoms with E-state index in [1.165, 1.54) is 0 Å². The Morgan fingerprint density at radius 2 is 2.36 bits per heavy atom. The molecule has 3 heteroatoms. The second-order valence-corrected chi connectivity index (χ2v) is 3.32. The molecule has 3 atom stereocenters. The molecule has 0 amide bonds. The number of hydrogen-bond donors (Lipinski definition) is 1. The van der Waals surface area contributed by atoms with E-state index in [0.29, 0.717) is 18.4 Å². The van der Waals surface area contributed by atoms with Gasteiger partial charge in [0, 0.05) is 5.92 Å². The highest BCUT2D eigenvalue weighted by Crippen LogP contribution is 2.50. The Hall–Kier alpha value is -0.410. The van der Waals surface area contributed by atoms with Gasteiger partial charge in [0.2, 0.25) is 0 Å². The van der Waals surface area contributed by atoms with Crippen LogP contribution in [0.25, 0.3) is 0 Å². The summed E-state index contributed by atoms with van der Waals surface area (Å²) in [5.41, 5.74) is 0. The summed E-state index contributed by atoms with van der Waals surface area (Å²) < 4.78 is 5.17. The van der Waals surface area contributed by atoms with Crippen LogP contribution in [0.3, 0.4) is 0 Å². The fourth-order valence-electron chi connectivity index (χ4n) is 1.83. The van der Waals surface area contributed by atoms with Gasteiger partial charge in [-0.15, -0.1) is 0 Å². The lowest BCUT2D eigenvalue weighted by Crippen LogP contribution is -2.22. The Kier molecular flexibility index (Phi) is 1.69. The van der Waals surface area contributed by atoms with Gasteiger partial charge in [-0.2, -0.15) is 0 Å². The number of aliphatic hydroxyl groups excluding tert-OH is 1. The molecule has 0 aromatic heterocycles. The number of hydrogen-bond acceptors (Lipinski definition) is 3. The van der Waals surface area contributed by atoms with Gasteiger partial charge in [-0.25, -0.2) is 0 Å². The molecule has 3 nitrogen and oxygen atoms in total. The van der Waals surface area contributed by atoms with E-state index in [2.05, 4.69) is 0 Å². The molecule has 0 aliphatic heterocycles. The normalized spacial score (nSPS) is 40.8. The summed E-state index contributed by atoms with van der Waals surface area (Å²) in [6.07, 6.45) is 1.78. The van der Waals surface area contributed by atoms with Crippen molar-refractivity contribution in [3.05, 3.63) is 0 Å². The van der Waals surface area contributed by atoms with Crippen LogP contribution in [0, 0.1) is 11.8 Å². The molecule has 2 rings (SSSR count). The van der Waals surface area contributed by atoms with Crippen LogP contribution in [0.1, 0.15) is 12.8 Å². The van der Waals surface area contributed by atoms with Crippen molar-refractivity contribution in [3.63, 3.8) is 0 Å².